The maximum Gasteiger partial charge on any atom is 0.247 e. The van der Waals surface area contributed by atoms with Crippen LogP contribution in [0.5, 0.6) is 0 Å². The summed E-state index contributed by atoms with van der Waals surface area (Å²) in [7, 11) is 0. The van der Waals surface area contributed by atoms with Crippen LogP contribution in [-0.2, 0) is 11.3 Å². The molecule has 27 heavy (non-hydrogen) atoms. The second-order valence-corrected chi connectivity index (χ2v) is 7.29. The van der Waals surface area contributed by atoms with Crippen molar-refractivity contribution in [1.82, 2.24) is 9.88 Å². The van der Waals surface area contributed by atoms with Gasteiger partial charge in [0.2, 0.25) is 5.91 Å². The van der Waals surface area contributed by atoms with Gasteiger partial charge in [-0.15, -0.1) is 0 Å². The zero-order valence-electron chi connectivity index (χ0n) is 15.6. The van der Waals surface area contributed by atoms with Crippen molar-refractivity contribution in [2.75, 3.05) is 0 Å². The van der Waals surface area contributed by atoms with Crippen LogP contribution in [0.3, 0.4) is 0 Å². The molecule has 1 unspecified atom stereocenters. The fourth-order valence-electron chi connectivity index (χ4n) is 3.55. The molecule has 2 aromatic carbocycles. The summed E-state index contributed by atoms with van der Waals surface area (Å²) in [6, 6.07) is 20.5. The average Bonchev–Trinajstić information content (AvgIpc) is 3.56. The van der Waals surface area contributed by atoms with Gasteiger partial charge in [-0.25, -0.2) is 0 Å². The number of hydrogen-bond acceptors (Lipinski definition) is 2. The molecule has 3 heteroatoms. The van der Waals surface area contributed by atoms with Gasteiger partial charge < -0.3 is 4.90 Å². The molecule has 1 aliphatic rings. The number of fused-ring (bicyclic) bond motifs is 1. The largest absolute Gasteiger partial charge is 0.332 e. The minimum Gasteiger partial charge on any atom is -0.332 e. The molecule has 4 rings (SSSR count). The number of para-hydroxylation sites is 1. The topological polar surface area (TPSA) is 33.2 Å². The van der Waals surface area contributed by atoms with Crippen molar-refractivity contribution in [2.24, 2.45) is 5.92 Å². The predicted molar refractivity (Wildman–Crippen MR) is 110 cm³/mol. The molecule has 0 N–H and O–H groups in total. The lowest BCUT2D eigenvalue weighted by atomic mass is 10.1. The molecule has 136 valence electrons. The summed E-state index contributed by atoms with van der Waals surface area (Å²) in [5.74, 6) is 0.691. The summed E-state index contributed by atoms with van der Waals surface area (Å²) < 4.78 is 0. The molecule has 1 heterocycles. The number of amides is 1. The van der Waals surface area contributed by atoms with Gasteiger partial charge in [-0.2, -0.15) is 0 Å². The van der Waals surface area contributed by atoms with E-state index in [2.05, 4.69) is 24.0 Å². The van der Waals surface area contributed by atoms with Gasteiger partial charge in [-0.1, -0.05) is 54.6 Å². The van der Waals surface area contributed by atoms with Crippen molar-refractivity contribution in [2.45, 2.75) is 32.4 Å². The highest BCUT2D eigenvalue weighted by molar-refractivity contribution is 5.95. The van der Waals surface area contributed by atoms with Gasteiger partial charge in [0.05, 0.1) is 5.52 Å². The minimum absolute atomic E-state index is 0.0613. The first-order valence-corrected chi connectivity index (χ1v) is 9.59. The molecule has 1 fully saturated rings. The van der Waals surface area contributed by atoms with E-state index >= 15 is 0 Å². The summed E-state index contributed by atoms with van der Waals surface area (Å²) in [6.07, 6.45) is 7.83. The summed E-state index contributed by atoms with van der Waals surface area (Å²) in [4.78, 5) is 19.5. The number of hydrogen-bond donors (Lipinski definition) is 0. The van der Waals surface area contributed by atoms with Crippen LogP contribution < -0.4 is 0 Å². The molecule has 3 aromatic rings. The third-order valence-electron chi connectivity index (χ3n) is 5.34. The van der Waals surface area contributed by atoms with Crippen LogP contribution in [0.25, 0.3) is 17.0 Å². The smallest absolute Gasteiger partial charge is 0.247 e. The number of pyridine rings is 1. The van der Waals surface area contributed by atoms with E-state index in [-0.39, 0.29) is 11.9 Å². The Morgan fingerprint density at radius 1 is 1.11 bits per heavy atom. The molecular formula is C24H24N2O. The second kappa shape index (κ2) is 7.75. The lowest BCUT2D eigenvalue weighted by Gasteiger charge is -2.28. The highest BCUT2D eigenvalue weighted by Gasteiger charge is 2.33. The fourth-order valence-corrected chi connectivity index (χ4v) is 3.55. The molecule has 1 atom stereocenters. The highest BCUT2D eigenvalue weighted by atomic mass is 16.2. The Morgan fingerprint density at radius 3 is 2.67 bits per heavy atom. The van der Waals surface area contributed by atoms with Gasteiger partial charge in [0.25, 0.3) is 0 Å². The molecule has 0 bridgehead atoms. The Morgan fingerprint density at radius 2 is 1.89 bits per heavy atom. The number of carbonyl (C=O) groups is 1. The zero-order valence-corrected chi connectivity index (χ0v) is 15.6. The van der Waals surface area contributed by atoms with E-state index in [0.29, 0.717) is 12.5 Å². The van der Waals surface area contributed by atoms with Crippen molar-refractivity contribution < 1.29 is 4.79 Å². The molecule has 0 spiro atoms. The lowest BCUT2D eigenvalue weighted by molar-refractivity contribution is -0.129. The Bertz CT molecular complexity index is 955. The van der Waals surface area contributed by atoms with Crippen LogP contribution in [-0.4, -0.2) is 21.8 Å². The number of nitrogens with zero attached hydrogens (tertiary/aromatic N) is 2. The maximum atomic E-state index is 13.0. The highest BCUT2D eigenvalue weighted by Crippen LogP contribution is 2.35. The predicted octanol–water partition coefficient (Wildman–Crippen LogP) is 5.08. The van der Waals surface area contributed by atoms with E-state index in [1.165, 1.54) is 18.4 Å². The number of carbonyl (C=O) groups excluding carboxylic acids is 1. The molecule has 1 aromatic heterocycles. The van der Waals surface area contributed by atoms with E-state index in [0.717, 1.165) is 16.5 Å². The van der Waals surface area contributed by atoms with Gasteiger partial charge in [0.15, 0.2) is 0 Å². The van der Waals surface area contributed by atoms with Crippen LogP contribution in [0.1, 0.15) is 30.9 Å². The molecule has 0 aliphatic heterocycles. The monoisotopic (exact) mass is 356 g/mol. The van der Waals surface area contributed by atoms with Crippen LogP contribution in [0.2, 0.25) is 0 Å². The molecule has 3 nitrogen and oxygen atoms in total. The zero-order chi connectivity index (χ0) is 18.6. The van der Waals surface area contributed by atoms with Gasteiger partial charge in [-0.3, -0.25) is 9.78 Å². The standard InChI is InChI=1S/C24H24N2O/c1-18(20-12-13-20)26(17-19-7-3-2-4-8-19)23(27)15-14-22-10-5-9-21-11-6-16-25-24(21)22/h2-11,14-16,18,20H,12-13,17H2,1H3/b15-14+. The van der Waals surface area contributed by atoms with Gasteiger partial charge in [-0.05, 0) is 43.4 Å². The maximum absolute atomic E-state index is 13.0. The summed E-state index contributed by atoms with van der Waals surface area (Å²) in [5.41, 5.74) is 3.06. The van der Waals surface area contributed by atoms with Gasteiger partial charge in [0.1, 0.15) is 0 Å². The Balaban J connectivity index is 1.58. The molecule has 1 aliphatic carbocycles. The molecule has 0 saturated heterocycles. The molecule has 0 radical (unpaired) electrons. The van der Waals surface area contributed by atoms with Gasteiger partial charge >= 0.3 is 0 Å². The molecular weight excluding hydrogens is 332 g/mol. The Labute approximate surface area is 160 Å². The second-order valence-electron chi connectivity index (χ2n) is 7.29. The van der Waals surface area contributed by atoms with Crippen molar-refractivity contribution in [3.8, 4) is 0 Å². The first-order chi connectivity index (χ1) is 13.2. The Kier molecular flexibility index (Phi) is 5.01. The number of rotatable bonds is 6. The normalized spacial score (nSPS) is 15.1. The van der Waals surface area contributed by atoms with E-state index in [1.807, 2.05) is 59.5 Å². The van der Waals surface area contributed by atoms with E-state index in [1.54, 1.807) is 12.3 Å². The van der Waals surface area contributed by atoms with Crippen molar-refractivity contribution in [1.29, 1.82) is 0 Å². The van der Waals surface area contributed by atoms with Crippen molar-refractivity contribution in [3.05, 3.63) is 84.1 Å². The fraction of sp³-hybridized carbons (Fsp3) is 0.250. The summed E-state index contributed by atoms with van der Waals surface area (Å²) >= 11 is 0. The third-order valence-corrected chi connectivity index (χ3v) is 5.34. The molecule has 1 amide bonds. The van der Waals surface area contributed by atoms with E-state index < -0.39 is 0 Å². The number of benzene rings is 2. The average molecular weight is 356 g/mol. The van der Waals surface area contributed by atoms with Crippen molar-refractivity contribution >= 4 is 22.9 Å². The van der Waals surface area contributed by atoms with Crippen LogP contribution in [0.15, 0.2) is 72.9 Å². The summed E-state index contributed by atoms with van der Waals surface area (Å²) in [6.45, 7) is 2.82. The SMILES string of the molecule is CC(C1CC1)N(Cc1ccccc1)C(=O)/C=C/c1cccc2cccnc12. The lowest BCUT2D eigenvalue weighted by Crippen LogP contribution is -2.38. The van der Waals surface area contributed by atoms with Crippen LogP contribution in [0.4, 0.5) is 0 Å². The van der Waals surface area contributed by atoms with Gasteiger partial charge in [0, 0.05) is 35.8 Å². The summed E-state index contributed by atoms with van der Waals surface area (Å²) in [5, 5.41) is 1.08. The Hall–Kier alpha value is -2.94. The first-order valence-electron chi connectivity index (χ1n) is 9.59. The van der Waals surface area contributed by atoms with Crippen molar-refractivity contribution in [3.63, 3.8) is 0 Å². The van der Waals surface area contributed by atoms with E-state index in [4.69, 9.17) is 0 Å². The molecule has 1 saturated carbocycles. The van der Waals surface area contributed by atoms with Crippen LogP contribution >= 0.6 is 0 Å². The van der Waals surface area contributed by atoms with Crippen LogP contribution in [0, 0.1) is 5.92 Å². The quantitative estimate of drug-likeness (QED) is 0.577. The first kappa shape index (κ1) is 17.5. The minimum atomic E-state index is 0.0613. The number of aromatic nitrogens is 1. The van der Waals surface area contributed by atoms with E-state index in [9.17, 15) is 4.79 Å². The third kappa shape index (κ3) is 4.08.